The first-order valence-corrected chi connectivity index (χ1v) is 15.6. The molecule has 5 rings (SSSR count). The van der Waals surface area contributed by atoms with Crippen molar-refractivity contribution in [2.75, 3.05) is 32.8 Å². The number of hydrogen-bond donors (Lipinski definition) is 3. The van der Waals surface area contributed by atoms with E-state index in [4.69, 9.17) is 18.6 Å². The first-order chi connectivity index (χ1) is 20.1. The van der Waals surface area contributed by atoms with Crippen LogP contribution in [0.15, 0.2) is 57.8 Å². The summed E-state index contributed by atoms with van der Waals surface area (Å²) >= 11 is 0. The lowest BCUT2D eigenvalue weighted by Crippen LogP contribution is -2.54. The number of amides is 1. The molecule has 13 heteroatoms. The van der Waals surface area contributed by atoms with E-state index in [0.29, 0.717) is 30.1 Å². The third-order valence-corrected chi connectivity index (χ3v) is 9.10. The number of morpholine rings is 1. The summed E-state index contributed by atoms with van der Waals surface area (Å²) in [6.45, 7) is 6.69. The lowest BCUT2D eigenvalue weighted by Gasteiger charge is -2.31. The molecule has 0 radical (unpaired) electrons. The van der Waals surface area contributed by atoms with Crippen molar-refractivity contribution in [1.82, 2.24) is 19.9 Å². The largest absolute Gasteiger partial charge is 0.442 e. The summed E-state index contributed by atoms with van der Waals surface area (Å²) in [4.78, 5) is 17.3. The molecule has 0 bridgehead atoms. The van der Waals surface area contributed by atoms with Crippen molar-refractivity contribution >= 4 is 27.2 Å². The summed E-state index contributed by atoms with van der Waals surface area (Å²) in [5, 5.41) is 17.5. The van der Waals surface area contributed by atoms with E-state index in [9.17, 15) is 18.3 Å². The van der Waals surface area contributed by atoms with Crippen LogP contribution in [0.3, 0.4) is 0 Å². The van der Waals surface area contributed by atoms with E-state index in [2.05, 4.69) is 15.6 Å². The standard InChI is InChI=1S/C29H38N4O8S/c1-18(2)15-33(42(36,37)21-9-10-22-25(14-21)40-19(3)31-22)16-24(34)23(13-20-7-5-4-6-8-20)32-29(35)41-26-17-39-28-27(26)30-11-12-38-28/h4-10,14,18,23-24,26-28,30,34H,11-13,15-17H2,1-3H3,(H,32,35)/t23-,24+,26+,27+,28-/m0/s1. The van der Waals surface area contributed by atoms with Gasteiger partial charge in [-0.3, -0.25) is 0 Å². The van der Waals surface area contributed by atoms with Gasteiger partial charge in [0, 0.05) is 32.6 Å². The minimum atomic E-state index is -4.04. The highest BCUT2D eigenvalue weighted by Crippen LogP contribution is 2.25. The number of nitrogens with one attached hydrogen (secondary N) is 2. The van der Waals surface area contributed by atoms with Gasteiger partial charge in [-0.1, -0.05) is 44.2 Å². The van der Waals surface area contributed by atoms with Gasteiger partial charge >= 0.3 is 6.09 Å². The van der Waals surface area contributed by atoms with Gasteiger partial charge in [-0.15, -0.1) is 0 Å². The lowest BCUT2D eigenvalue weighted by molar-refractivity contribution is -0.137. The van der Waals surface area contributed by atoms with Crippen molar-refractivity contribution in [3.05, 3.63) is 60.0 Å². The quantitative estimate of drug-likeness (QED) is 0.298. The molecule has 2 aliphatic rings. The van der Waals surface area contributed by atoms with Gasteiger partial charge in [-0.05, 0) is 30.0 Å². The van der Waals surface area contributed by atoms with Gasteiger partial charge in [0.25, 0.3) is 0 Å². The van der Waals surface area contributed by atoms with Gasteiger partial charge in [0.05, 0.1) is 36.3 Å². The van der Waals surface area contributed by atoms with Crippen molar-refractivity contribution in [2.45, 2.75) is 62.7 Å². The fraction of sp³-hybridized carbons (Fsp3) is 0.517. The molecule has 3 heterocycles. The highest BCUT2D eigenvalue weighted by molar-refractivity contribution is 7.89. The van der Waals surface area contributed by atoms with Crippen LogP contribution in [0, 0.1) is 12.8 Å². The van der Waals surface area contributed by atoms with E-state index in [-0.39, 0.29) is 43.0 Å². The monoisotopic (exact) mass is 602 g/mol. The first kappa shape index (κ1) is 30.4. The van der Waals surface area contributed by atoms with Gasteiger partial charge < -0.3 is 34.4 Å². The number of hydrogen-bond acceptors (Lipinski definition) is 10. The van der Waals surface area contributed by atoms with Gasteiger partial charge in [-0.2, -0.15) is 4.31 Å². The van der Waals surface area contributed by atoms with E-state index < -0.39 is 40.7 Å². The zero-order chi connectivity index (χ0) is 29.9. The maximum atomic E-state index is 13.8. The summed E-state index contributed by atoms with van der Waals surface area (Å²) in [5.41, 5.74) is 1.78. The molecule has 3 aromatic rings. The second-order valence-corrected chi connectivity index (χ2v) is 13.0. The van der Waals surface area contributed by atoms with E-state index in [0.717, 1.165) is 5.56 Å². The van der Waals surface area contributed by atoms with Crippen LogP contribution in [0.25, 0.3) is 11.1 Å². The number of ether oxygens (including phenoxy) is 3. The molecule has 12 nitrogen and oxygen atoms in total. The van der Waals surface area contributed by atoms with Gasteiger partial charge in [0.1, 0.15) is 11.6 Å². The number of sulfonamides is 1. The fourth-order valence-electron chi connectivity index (χ4n) is 5.28. The number of oxazole rings is 1. The van der Waals surface area contributed by atoms with Crippen LogP contribution in [0.5, 0.6) is 0 Å². The average Bonchev–Trinajstić information content (AvgIpc) is 3.54. The van der Waals surface area contributed by atoms with Crippen LogP contribution in [-0.4, -0.2) is 92.3 Å². The van der Waals surface area contributed by atoms with E-state index in [1.165, 1.54) is 16.4 Å². The molecule has 42 heavy (non-hydrogen) atoms. The molecule has 2 fully saturated rings. The number of rotatable bonds is 11. The maximum Gasteiger partial charge on any atom is 0.407 e. The number of carbonyl (C=O) groups is 1. The summed E-state index contributed by atoms with van der Waals surface area (Å²) < 4.78 is 51.3. The Hall–Kier alpha value is -3.07. The molecule has 0 aliphatic carbocycles. The zero-order valence-electron chi connectivity index (χ0n) is 23.9. The van der Waals surface area contributed by atoms with Gasteiger partial charge in [0.15, 0.2) is 17.8 Å². The number of aryl methyl sites for hydroxylation is 1. The number of aliphatic hydroxyl groups is 1. The zero-order valence-corrected chi connectivity index (χ0v) is 24.7. The van der Waals surface area contributed by atoms with Crippen LogP contribution in [0.4, 0.5) is 4.79 Å². The first-order valence-electron chi connectivity index (χ1n) is 14.1. The van der Waals surface area contributed by atoms with E-state index in [1.54, 1.807) is 13.0 Å². The van der Waals surface area contributed by atoms with Gasteiger partial charge in [0.2, 0.25) is 10.0 Å². The number of alkyl carbamates (subject to hydrolysis) is 1. The number of fused-ring (bicyclic) bond motifs is 2. The molecule has 0 unspecified atom stereocenters. The predicted octanol–water partition coefficient (Wildman–Crippen LogP) is 2.19. The van der Waals surface area contributed by atoms with Crippen molar-refractivity contribution in [3.63, 3.8) is 0 Å². The maximum absolute atomic E-state index is 13.8. The molecule has 2 aromatic carbocycles. The van der Waals surface area contributed by atoms with Crippen LogP contribution < -0.4 is 10.6 Å². The van der Waals surface area contributed by atoms with Gasteiger partial charge in [-0.25, -0.2) is 18.2 Å². The predicted molar refractivity (Wildman–Crippen MR) is 153 cm³/mol. The number of carbonyl (C=O) groups excluding carboxylic acids is 1. The lowest BCUT2D eigenvalue weighted by atomic mass is 10.0. The van der Waals surface area contributed by atoms with Crippen molar-refractivity contribution < 1.29 is 36.9 Å². The van der Waals surface area contributed by atoms with Crippen LogP contribution >= 0.6 is 0 Å². The van der Waals surface area contributed by atoms with Crippen molar-refractivity contribution in [3.8, 4) is 0 Å². The Kier molecular flexibility index (Phi) is 9.45. The Balaban J connectivity index is 1.34. The van der Waals surface area contributed by atoms with Crippen LogP contribution in [-0.2, 0) is 30.7 Å². The molecule has 1 aromatic heterocycles. The van der Waals surface area contributed by atoms with Crippen molar-refractivity contribution in [2.24, 2.45) is 5.92 Å². The molecule has 1 amide bonds. The SMILES string of the molecule is Cc1nc2ccc(S(=O)(=O)N(CC(C)C)C[C@@H](O)[C@H](Cc3ccccc3)NC(=O)O[C@@H]3CO[C@@H]4OCCN[C@@H]43)cc2o1. The van der Waals surface area contributed by atoms with E-state index >= 15 is 0 Å². The Bertz CT molecular complexity index is 1460. The number of nitrogens with zero attached hydrogens (tertiary/aromatic N) is 2. The smallest absolute Gasteiger partial charge is 0.407 e. The molecule has 2 saturated heterocycles. The summed E-state index contributed by atoms with van der Waals surface area (Å²) in [6.07, 6.45) is -2.80. The number of aliphatic hydroxyl groups excluding tert-OH is 1. The van der Waals surface area contributed by atoms with Crippen LogP contribution in [0.2, 0.25) is 0 Å². The summed E-state index contributed by atoms with van der Waals surface area (Å²) in [7, 11) is -4.04. The molecule has 0 saturated carbocycles. The number of benzene rings is 2. The summed E-state index contributed by atoms with van der Waals surface area (Å²) in [5.74, 6) is 0.399. The second kappa shape index (κ2) is 13.1. The highest BCUT2D eigenvalue weighted by Gasteiger charge is 2.42. The molecule has 5 atom stereocenters. The second-order valence-electron chi connectivity index (χ2n) is 11.1. The molecule has 228 valence electrons. The Morgan fingerprint density at radius 1 is 1.19 bits per heavy atom. The average molecular weight is 603 g/mol. The van der Waals surface area contributed by atoms with E-state index in [1.807, 2.05) is 44.2 Å². The molecule has 2 aliphatic heterocycles. The Labute approximate surface area is 245 Å². The molecule has 0 spiro atoms. The number of aromatic nitrogens is 1. The molecular formula is C29H38N4O8S. The highest BCUT2D eigenvalue weighted by atomic mass is 32.2. The Morgan fingerprint density at radius 3 is 2.74 bits per heavy atom. The molecule has 3 N–H and O–H groups in total. The minimum absolute atomic E-state index is 0.0315. The van der Waals surface area contributed by atoms with Crippen LogP contribution in [0.1, 0.15) is 25.3 Å². The van der Waals surface area contributed by atoms with Crippen molar-refractivity contribution in [1.29, 1.82) is 0 Å². The topological polar surface area (TPSA) is 152 Å². The minimum Gasteiger partial charge on any atom is -0.442 e. The fourth-order valence-corrected chi connectivity index (χ4v) is 6.92. The summed E-state index contributed by atoms with van der Waals surface area (Å²) in [6, 6.07) is 12.7. The Morgan fingerprint density at radius 2 is 1.98 bits per heavy atom. The molecular weight excluding hydrogens is 564 g/mol. The normalized spacial score (nSPS) is 22.3. The third kappa shape index (κ3) is 7.10. The third-order valence-electron chi connectivity index (χ3n) is 7.27.